The summed E-state index contributed by atoms with van der Waals surface area (Å²) in [6, 6.07) is 0.102. The van der Waals surface area contributed by atoms with E-state index in [2.05, 4.69) is 20.2 Å². The van der Waals surface area contributed by atoms with E-state index in [0.29, 0.717) is 5.95 Å². The van der Waals surface area contributed by atoms with Crippen LogP contribution in [0.1, 0.15) is 61.3 Å². The van der Waals surface area contributed by atoms with Gasteiger partial charge in [-0.1, -0.05) is 0 Å². The highest BCUT2D eigenvalue weighted by Crippen LogP contribution is 2.36. The molecule has 0 bridgehead atoms. The second kappa shape index (κ2) is 7.76. The van der Waals surface area contributed by atoms with Crippen LogP contribution < -0.4 is 15.7 Å². The highest BCUT2D eigenvalue weighted by Gasteiger charge is 2.52. The first kappa shape index (κ1) is 21.8. The molecule has 160 valence electrons. The van der Waals surface area contributed by atoms with E-state index in [0.717, 1.165) is 31.4 Å². The van der Waals surface area contributed by atoms with Crippen molar-refractivity contribution >= 4 is 24.6 Å². The Morgan fingerprint density at radius 3 is 2.14 bits per heavy atom. The minimum Gasteiger partial charge on any atom is -0.444 e. The second-order valence-electron chi connectivity index (χ2n) is 9.81. The maximum atomic E-state index is 11.9. The number of hydrogen-bond donors (Lipinski definition) is 1. The second-order valence-corrected chi connectivity index (χ2v) is 9.81. The number of hydrogen-bond acceptors (Lipinski definition) is 7. The van der Waals surface area contributed by atoms with Gasteiger partial charge in [-0.3, -0.25) is 0 Å². The van der Waals surface area contributed by atoms with Crippen molar-refractivity contribution in [1.82, 2.24) is 15.3 Å². The fraction of sp³-hybridized carbons (Fsp3) is 0.750. The van der Waals surface area contributed by atoms with Gasteiger partial charge in [0.2, 0.25) is 5.95 Å². The summed E-state index contributed by atoms with van der Waals surface area (Å²) < 4.78 is 17.4. The van der Waals surface area contributed by atoms with Crippen LogP contribution in [0.25, 0.3) is 0 Å². The van der Waals surface area contributed by atoms with Gasteiger partial charge in [-0.15, -0.1) is 0 Å². The molecule has 2 saturated heterocycles. The molecule has 1 N–H and O–H groups in total. The highest BCUT2D eigenvalue weighted by molar-refractivity contribution is 6.61. The third-order valence-electron chi connectivity index (χ3n) is 5.68. The molecule has 3 rings (SSSR count). The third-order valence-corrected chi connectivity index (χ3v) is 5.68. The van der Waals surface area contributed by atoms with E-state index >= 15 is 0 Å². The lowest BCUT2D eigenvalue weighted by Crippen LogP contribution is -2.46. The molecule has 1 aromatic heterocycles. The van der Waals surface area contributed by atoms with Crippen molar-refractivity contribution in [2.24, 2.45) is 0 Å². The van der Waals surface area contributed by atoms with Gasteiger partial charge in [0, 0.05) is 37.0 Å². The number of carbonyl (C=O) groups excluding carboxylic acids is 1. The van der Waals surface area contributed by atoms with E-state index in [1.54, 1.807) is 12.4 Å². The van der Waals surface area contributed by atoms with Crippen molar-refractivity contribution in [1.29, 1.82) is 0 Å². The van der Waals surface area contributed by atoms with Crippen molar-refractivity contribution in [2.75, 3.05) is 18.0 Å². The lowest BCUT2D eigenvalue weighted by Gasteiger charge is -2.32. The van der Waals surface area contributed by atoms with E-state index in [1.807, 2.05) is 48.5 Å². The molecule has 0 aliphatic carbocycles. The molecule has 0 radical (unpaired) electrons. The van der Waals surface area contributed by atoms with Crippen molar-refractivity contribution in [3.8, 4) is 0 Å². The number of alkyl carbamates (subject to hydrolysis) is 1. The number of ether oxygens (including phenoxy) is 1. The average Bonchev–Trinajstić information content (AvgIpc) is 2.82. The van der Waals surface area contributed by atoms with Crippen LogP contribution in [-0.2, 0) is 14.0 Å². The van der Waals surface area contributed by atoms with E-state index in [1.165, 1.54) is 0 Å². The summed E-state index contributed by atoms with van der Waals surface area (Å²) in [5.74, 6) is 0.681. The van der Waals surface area contributed by atoms with Gasteiger partial charge >= 0.3 is 13.2 Å². The Morgan fingerprint density at radius 2 is 1.66 bits per heavy atom. The number of amides is 1. The van der Waals surface area contributed by atoms with E-state index in [-0.39, 0.29) is 23.3 Å². The Bertz CT molecular complexity index is 709. The van der Waals surface area contributed by atoms with E-state index in [4.69, 9.17) is 14.0 Å². The van der Waals surface area contributed by atoms with Gasteiger partial charge in [0.1, 0.15) is 5.60 Å². The van der Waals surface area contributed by atoms with Gasteiger partial charge in [0.15, 0.2) is 0 Å². The number of nitrogens with zero attached hydrogens (tertiary/aromatic N) is 3. The van der Waals surface area contributed by atoms with Gasteiger partial charge in [0.25, 0.3) is 0 Å². The standard InChI is InChI=1S/C20H33BN4O4/c1-18(2,3)27-17(26)24-15-8-10-25(11-9-15)16-22-12-14(13-23-16)21-28-19(4,5)20(6,7)29-21/h12-13,15H,8-11H2,1-7H3,(H,24,26). The summed E-state index contributed by atoms with van der Waals surface area (Å²) in [7, 11) is -0.460. The van der Waals surface area contributed by atoms with Crippen LogP contribution in [0.5, 0.6) is 0 Å². The van der Waals surface area contributed by atoms with Gasteiger partial charge in [-0.2, -0.15) is 0 Å². The average molecular weight is 404 g/mol. The minimum atomic E-state index is -0.489. The number of anilines is 1. The van der Waals surface area contributed by atoms with Gasteiger partial charge in [-0.25, -0.2) is 14.8 Å². The Hall–Kier alpha value is -1.87. The van der Waals surface area contributed by atoms with Crippen molar-refractivity contribution in [3.63, 3.8) is 0 Å². The summed E-state index contributed by atoms with van der Waals surface area (Å²) in [4.78, 5) is 23.1. The molecule has 1 amide bonds. The number of aromatic nitrogens is 2. The Morgan fingerprint density at radius 1 is 1.14 bits per heavy atom. The number of carbonyl (C=O) groups is 1. The maximum Gasteiger partial charge on any atom is 0.498 e. The van der Waals surface area contributed by atoms with Crippen LogP contribution in [0.4, 0.5) is 10.7 Å². The number of piperidine rings is 1. The van der Waals surface area contributed by atoms with Crippen molar-refractivity contribution in [3.05, 3.63) is 12.4 Å². The third kappa shape index (κ3) is 5.19. The molecular weight excluding hydrogens is 371 g/mol. The summed E-state index contributed by atoms with van der Waals surface area (Å²) in [5, 5.41) is 2.95. The zero-order valence-electron chi connectivity index (χ0n) is 18.6. The van der Waals surface area contributed by atoms with Gasteiger partial charge in [-0.05, 0) is 61.3 Å². The molecule has 0 atom stereocenters. The predicted molar refractivity (Wildman–Crippen MR) is 112 cm³/mol. The lowest BCUT2D eigenvalue weighted by atomic mass is 9.81. The minimum absolute atomic E-state index is 0.102. The molecular formula is C20H33BN4O4. The normalized spacial score (nSPS) is 21.9. The monoisotopic (exact) mass is 404 g/mol. The first-order chi connectivity index (χ1) is 13.4. The molecule has 1 aromatic rings. The molecule has 0 saturated carbocycles. The number of rotatable bonds is 3. The topological polar surface area (TPSA) is 85.8 Å². The first-order valence-corrected chi connectivity index (χ1v) is 10.3. The molecule has 2 fully saturated rings. The molecule has 0 unspecified atom stereocenters. The fourth-order valence-electron chi connectivity index (χ4n) is 3.29. The van der Waals surface area contributed by atoms with E-state index < -0.39 is 12.7 Å². The van der Waals surface area contributed by atoms with Crippen LogP contribution in [-0.4, -0.2) is 59.1 Å². The summed E-state index contributed by atoms with van der Waals surface area (Å²) in [5.41, 5.74) is -0.454. The van der Waals surface area contributed by atoms with Crippen LogP contribution in [0, 0.1) is 0 Å². The quantitative estimate of drug-likeness (QED) is 0.774. The maximum absolute atomic E-state index is 11.9. The molecule has 0 spiro atoms. The molecule has 8 nitrogen and oxygen atoms in total. The number of nitrogens with one attached hydrogen (secondary N) is 1. The summed E-state index contributed by atoms with van der Waals surface area (Å²) >= 11 is 0. The van der Waals surface area contributed by atoms with Crippen molar-refractivity contribution < 1.29 is 18.8 Å². The molecule has 29 heavy (non-hydrogen) atoms. The molecule has 3 heterocycles. The van der Waals surface area contributed by atoms with Crippen LogP contribution in [0.2, 0.25) is 0 Å². The summed E-state index contributed by atoms with van der Waals surface area (Å²) in [6.45, 7) is 15.2. The van der Waals surface area contributed by atoms with Crippen LogP contribution in [0.15, 0.2) is 12.4 Å². The SMILES string of the molecule is CC(C)(C)OC(=O)NC1CCN(c2ncc(B3OC(C)(C)C(C)(C)O3)cn2)CC1. The summed E-state index contributed by atoms with van der Waals surface area (Å²) in [6.07, 6.45) is 4.83. The molecule has 2 aliphatic rings. The van der Waals surface area contributed by atoms with Crippen LogP contribution in [0.3, 0.4) is 0 Å². The van der Waals surface area contributed by atoms with Gasteiger partial charge in [0.05, 0.1) is 11.2 Å². The fourth-order valence-corrected chi connectivity index (χ4v) is 3.29. The Kier molecular flexibility index (Phi) is 5.84. The van der Waals surface area contributed by atoms with Crippen LogP contribution >= 0.6 is 0 Å². The van der Waals surface area contributed by atoms with Crippen molar-refractivity contribution in [2.45, 2.75) is 84.2 Å². The molecule has 0 aromatic carbocycles. The Balaban J connectivity index is 1.53. The lowest BCUT2D eigenvalue weighted by molar-refractivity contribution is 0.00578. The highest BCUT2D eigenvalue weighted by atomic mass is 16.7. The zero-order valence-corrected chi connectivity index (χ0v) is 18.6. The van der Waals surface area contributed by atoms with Gasteiger partial charge < -0.3 is 24.3 Å². The largest absolute Gasteiger partial charge is 0.498 e. The zero-order chi connectivity index (χ0) is 21.4. The Labute approximate surface area is 173 Å². The smallest absolute Gasteiger partial charge is 0.444 e. The first-order valence-electron chi connectivity index (χ1n) is 10.3. The predicted octanol–water partition coefficient (Wildman–Crippen LogP) is 2.27. The van der Waals surface area contributed by atoms with E-state index in [9.17, 15) is 4.79 Å². The molecule has 9 heteroatoms. The molecule has 2 aliphatic heterocycles.